The van der Waals surface area contributed by atoms with Gasteiger partial charge in [-0.05, 0) is 42.5 Å². The lowest BCUT2D eigenvalue weighted by atomic mass is 10.1. The van der Waals surface area contributed by atoms with Crippen molar-refractivity contribution in [2.45, 2.75) is 6.54 Å². The van der Waals surface area contributed by atoms with E-state index in [-0.39, 0.29) is 16.5 Å². The van der Waals surface area contributed by atoms with Gasteiger partial charge in [0.1, 0.15) is 11.4 Å². The molecule has 4 rings (SSSR count). The van der Waals surface area contributed by atoms with Crippen LogP contribution in [-0.4, -0.2) is 47.1 Å². The standard InChI is InChI=1S/C22H21Cl2N4O4/c23-18-5-3-15(12-19(18)24)22(29)27-9-7-26(8-10-27)16-4-6-21(28(30)31)20(13-16)25-14-17-2-1-11-32-17/h1-6,11-13,25H,7-10,14H2,(H,30,31)/q+1. The molecule has 1 fully saturated rings. The van der Waals surface area contributed by atoms with Gasteiger partial charge in [-0.2, -0.15) is 0 Å². The van der Waals surface area contributed by atoms with Crippen LogP contribution in [0.15, 0.2) is 59.2 Å². The summed E-state index contributed by atoms with van der Waals surface area (Å²) in [6.45, 7) is 2.66. The number of hydrogen-bond acceptors (Lipinski definition) is 5. The van der Waals surface area contributed by atoms with E-state index in [0.717, 1.165) is 5.69 Å². The third-order valence-corrected chi connectivity index (χ3v) is 6.06. The molecular formula is C22H21Cl2N4O4+. The Hall–Kier alpha value is -3.23. The highest BCUT2D eigenvalue weighted by Gasteiger charge is 2.25. The van der Waals surface area contributed by atoms with Crippen molar-refractivity contribution in [1.82, 2.24) is 4.90 Å². The van der Waals surface area contributed by atoms with Gasteiger partial charge in [0, 0.05) is 43.5 Å². The molecule has 0 atom stereocenters. The quantitative estimate of drug-likeness (QED) is 0.489. The third-order valence-electron chi connectivity index (χ3n) is 5.32. The van der Waals surface area contributed by atoms with E-state index in [1.165, 1.54) is 0 Å². The molecule has 0 spiro atoms. The molecular weight excluding hydrogens is 455 g/mol. The molecule has 2 aromatic carbocycles. The topological polar surface area (TPSA) is 89.0 Å². The van der Waals surface area contributed by atoms with Gasteiger partial charge in [-0.1, -0.05) is 23.2 Å². The molecule has 1 amide bonds. The molecule has 2 N–H and O–H groups in total. The van der Waals surface area contributed by atoms with Crippen LogP contribution in [0.5, 0.6) is 0 Å². The maximum atomic E-state index is 12.8. The first-order valence-corrected chi connectivity index (χ1v) is 10.7. The van der Waals surface area contributed by atoms with E-state index in [4.69, 9.17) is 27.6 Å². The molecule has 8 nitrogen and oxygen atoms in total. The summed E-state index contributed by atoms with van der Waals surface area (Å²) in [5.74, 6) is 0.604. The number of furan rings is 1. The van der Waals surface area contributed by atoms with Crippen LogP contribution in [-0.2, 0) is 6.54 Å². The van der Waals surface area contributed by atoms with Gasteiger partial charge in [-0.15, -0.1) is 0 Å². The molecule has 1 saturated heterocycles. The lowest BCUT2D eigenvalue weighted by molar-refractivity contribution is -0.729. The summed E-state index contributed by atoms with van der Waals surface area (Å²) in [6, 6.07) is 13.6. The first-order valence-electron chi connectivity index (χ1n) is 9.98. The van der Waals surface area contributed by atoms with Crippen LogP contribution in [0.4, 0.5) is 17.1 Å². The van der Waals surface area contributed by atoms with E-state index in [0.29, 0.717) is 59.8 Å². The van der Waals surface area contributed by atoms with Crippen LogP contribution < -0.4 is 10.2 Å². The molecule has 0 radical (unpaired) electrons. The van der Waals surface area contributed by atoms with Gasteiger partial charge in [0.05, 0.1) is 27.8 Å². The second-order valence-corrected chi connectivity index (χ2v) is 8.13. The Morgan fingerprint density at radius 3 is 2.50 bits per heavy atom. The van der Waals surface area contributed by atoms with Crippen molar-refractivity contribution < 1.29 is 19.3 Å². The first-order chi connectivity index (χ1) is 15.4. The Kier molecular flexibility index (Phi) is 6.53. The number of nitrogens with one attached hydrogen (secondary N) is 1. The van der Waals surface area contributed by atoms with Crippen LogP contribution in [0.2, 0.25) is 10.0 Å². The van der Waals surface area contributed by atoms with Crippen LogP contribution >= 0.6 is 23.2 Å². The summed E-state index contributed by atoms with van der Waals surface area (Å²) in [7, 11) is 0. The predicted octanol–water partition coefficient (Wildman–Crippen LogP) is 4.96. The average Bonchev–Trinajstić information content (AvgIpc) is 3.32. The molecule has 1 aliphatic heterocycles. The normalized spacial score (nSPS) is 13.8. The Morgan fingerprint density at radius 2 is 1.84 bits per heavy atom. The highest BCUT2D eigenvalue weighted by atomic mass is 35.5. The first kappa shape index (κ1) is 22.0. The molecule has 1 aliphatic rings. The zero-order valence-electron chi connectivity index (χ0n) is 17.0. The fourth-order valence-corrected chi connectivity index (χ4v) is 3.90. The lowest BCUT2D eigenvalue weighted by Gasteiger charge is -2.36. The van der Waals surface area contributed by atoms with Crippen molar-refractivity contribution in [3.8, 4) is 0 Å². The average molecular weight is 476 g/mol. The monoisotopic (exact) mass is 475 g/mol. The van der Waals surface area contributed by atoms with Crippen molar-refractivity contribution in [1.29, 1.82) is 0 Å². The SMILES string of the molecule is O=C(c1ccc(Cl)c(Cl)c1)N1CCN(c2ccc([N+](=O)O)c(NCc3ccco3)c2)CC1. The molecule has 2 heterocycles. The highest BCUT2D eigenvalue weighted by Crippen LogP contribution is 2.30. The lowest BCUT2D eigenvalue weighted by Crippen LogP contribution is -2.48. The maximum Gasteiger partial charge on any atom is 0.339 e. The Bertz CT molecular complexity index is 1130. The summed E-state index contributed by atoms with van der Waals surface area (Å²) >= 11 is 12.0. The highest BCUT2D eigenvalue weighted by molar-refractivity contribution is 6.42. The van der Waals surface area contributed by atoms with Crippen LogP contribution in [0.3, 0.4) is 0 Å². The summed E-state index contributed by atoms with van der Waals surface area (Å²) in [6.07, 6.45) is 1.57. The van der Waals surface area contributed by atoms with E-state index in [9.17, 15) is 14.9 Å². The van der Waals surface area contributed by atoms with E-state index in [1.54, 1.807) is 53.6 Å². The molecule has 0 bridgehead atoms. The molecule has 0 saturated carbocycles. The van der Waals surface area contributed by atoms with Crippen LogP contribution in [0.25, 0.3) is 0 Å². The van der Waals surface area contributed by atoms with Crippen molar-refractivity contribution in [3.63, 3.8) is 0 Å². The number of carbonyl (C=O) groups is 1. The zero-order chi connectivity index (χ0) is 22.7. The Morgan fingerprint density at radius 1 is 1.06 bits per heavy atom. The van der Waals surface area contributed by atoms with Crippen molar-refractivity contribution in [2.75, 3.05) is 36.4 Å². The maximum absolute atomic E-state index is 12.8. The second-order valence-electron chi connectivity index (χ2n) is 7.32. The Labute approximate surface area is 194 Å². The van der Waals surface area contributed by atoms with E-state index in [1.807, 2.05) is 6.07 Å². The molecule has 1 aromatic heterocycles. The second kappa shape index (κ2) is 9.50. The van der Waals surface area contributed by atoms with Gasteiger partial charge in [0.25, 0.3) is 10.8 Å². The fourth-order valence-electron chi connectivity index (χ4n) is 3.60. The van der Waals surface area contributed by atoms with Crippen molar-refractivity contribution in [2.24, 2.45) is 0 Å². The van der Waals surface area contributed by atoms with Gasteiger partial charge < -0.3 is 19.5 Å². The summed E-state index contributed by atoms with van der Waals surface area (Å²) in [4.78, 5) is 28.1. The van der Waals surface area contributed by atoms with Crippen LogP contribution in [0, 0.1) is 4.91 Å². The van der Waals surface area contributed by atoms with E-state index >= 15 is 0 Å². The van der Waals surface area contributed by atoms with Gasteiger partial charge in [0.15, 0.2) is 0 Å². The minimum atomic E-state index is -0.165. The van der Waals surface area contributed by atoms with Crippen molar-refractivity contribution >= 4 is 46.2 Å². The van der Waals surface area contributed by atoms with Gasteiger partial charge in [0.2, 0.25) is 0 Å². The smallest absolute Gasteiger partial charge is 0.339 e. The molecule has 32 heavy (non-hydrogen) atoms. The predicted molar refractivity (Wildman–Crippen MR) is 122 cm³/mol. The number of benzene rings is 2. The number of hydrogen-bond donors (Lipinski definition) is 2. The summed E-state index contributed by atoms with van der Waals surface area (Å²) < 4.78 is 5.31. The number of halogens is 2. The number of rotatable bonds is 6. The molecule has 0 aliphatic carbocycles. The van der Waals surface area contributed by atoms with E-state index in [2.05, 4.69) is 10.2 Å². The molecule has 3 aromatic rings. The number of piperazine rings is 1. The minimum Gasteiger partial charge on any atom is -0.467 e. The van der Waals surface area contributed by atoms with Crippen molar-refractivity contribution in [3.05, 3.63) is 81.1 Å². The molecule has 10 heteroatoms. The fraction of sp³-hybridized carbons (Fsp3) is 0.227. The third kappa shape index (κ3) is 4.81. The van der Waals surface area contributed by atoms with Gasteiger partial charge >= 0.3 is 5.69 Å². The summed E-state index contributed by atoms with van der Waals surface area (Å²) in [5.41, 5.74) is 1.96. The number of carbonyl (C=O) groups excluding carboxylic acids is 1. The number of nitrogens with zero attached hydrogens (tertiary/aromatic N) is 3. The minimum absolute atomic E-state index is 0.0957. The van der Waals surface area contributed by atoms with Gasteiger partial charge in [-0.25, -0.2) is 5.21 Å². The Balaban J connectivity index is 1.44. The zero-order valence-corrected chi connectivity index (χ0v) is 18.5. The number of anilines is 2. The largest absolute Gasteiger partial charge is 0.467 e. The van der Waals surface area contributed by atoms with Crippen LogP contribution in [0.1, 0.15) is 16.1 Å². The number of amides is 1. The van der Waals surface area contributed by atoms with E-state index < -0.39 is 0 Å². The molecule has 166 valence electrons. The summed E-state index contributed by atoms with van der Waals surface area (Å²) in [5, 5.41) is 13.3. The van der Waals surface area contributed by atoms with Gasteiger partial charge in [-0.3, -0.25) is 4.79 Å². The molecule has 0 unspecified atom stereocenters.